The van der Waals surface area contributed by atoms with Crippen LogP contribution in [0.15, 0.2) is 55.0 Å². The molecule has 0 amide bonds. The normalized spacial score (nSPS) is 13.9. The van der Waals surface area contributed by atoms with Crippen LogP contribution in [0.1, 0.15) is 18.2 Å². The summed E-state index contributed by atoms with van der Waals surface area (Å²) in [6.45, 7) is 1.56. The Hall–Kier alpha value is -2.60. The number of hydrogen-bond donors (Lipinski definition) is 1. The molecule has 0 aliphatic carbocycles. The highest BCUT2D eigenvalue weighted by atomic mass is 19.1. The number of rotatable bonds is 3. The summed E-state index contributed by atoms with van der Waals surface area (Å²) in [4.78, 5) is 3.78. The van der Waals surface area contributed by atoms with Crippen LogP contribution in [0, 0.1) is 5.82 Å². The fourth-order valence-electron chi connectivity index (χ4n) is 2.15. The highest BCUT2D eigenvalue weighted by molar-refractivity contribution is 5.36. The third kappa shape index (κ3) is 2.41. The van der Waals surface area contributed by atoms with Gasteiger partial charge in [0.2, 0.25) is 0 Å². The first kappa shape index (κ1) is 13.4. The van der Waals surface area contributed by atoms with Crippen LogP contribution in [0.4, 0.5) is 4.39 Å². The van der Waals surface area contributed by atoms with Crippen molar-refractivity contribution >= 4 is 0 Å². The van der Waals surface area contributed by atoms with Crippen LogP contribution in [0.3, 0.4) is 0 Å². The van der Waals surface area contributed by atoms with Crippen molar-refractivity contribution in [1.82, 2.24) is 20.0 Å². The molecule has 0 aliphatic heterocycles. The molecular weight excluding hydrogens is 271 g/mol. The van der Waals surface area contributed by atoms with Crippen LogP contribution in [-0.4, -0.2) is 25.1 Å². The van der Waals surface area contributed by atoms with E-state index in [4.69, 9.17) is 0 Å². The van der Waals surface area contributed by atoms with Gasteiger partial charge in [0.05, 0.1) is 18.1 Å². The monoisotopic (exact) mass is 284 g/mol. The van der Waals surface area contributed by atoms with Gasteiger partial charge >= 0.3 is 0 Å². The standard InChI is InChI=1S/C15H13FN4O/c1-15(21,11-7-12(16)9-17-8-11)14-10-18-19-20(14)13-5-3-2-4-6-13/h2-10,21H,1H3. The first-order valence-electron chi connectivity index (χ1n) is 6.39. The van der Waals surface area contributed by atoms with Crippen LogP contribution in [-0.2, 0) is 5.60 Å². The lowest BCUT2D eigenvalue weighted by atomic mass is 9.94. The first-order valence-corrected chi connectivity index (χ1v) is 6.39. The molecule has 1 N–H and O–H groups in total. The lowest BCUT2D eigenvalue weighted by Gasteiger charge is -2.23. The Morgan fingerprint density at radius 1 is 1.14 bits per heavy atom. The van der Waals surface area contributed by atoms with Crippen LogP contribution >= 0.6 is 0 Å². The summed E-state index contributed by atoms with van der Waals surface area (Å²) in [7, 11) is 0. The maximum absolute atomic E-state index is 13.4. The SMILES string of the molecule is CC(O)(c1cncc(F)c1)c1cnnn1-c1ccccc1. The maximum atomic E-state index is 13.4. The molecule has 1 aromatic carbocycles. The highest BCUT2D eigenvalue weighted by Gasteiger charge is 2.31. The summed E-state index contributed by atoms with van der Waals surface area (Å²) in [5.74, 6) is -0.508. The maximum Gasteiger partial charge on any atom is 0.141 e. The van der Waals surface area contributed by atoms with E-state index in [2.05, 4.69) is 15.3 Å². The average Bonchev–Trinajstić information content (AvgIpc) is 2.98. The summed E-state index contributed by atoms with van der Waals surface area (Å²) >= 11 is 0. The topological polar surface area (TPSA) is 63.8 Å². The van der Waals surface area contributed by atoms with Gasteiger partial charge in [0.15, 0.2) is 0 Å². The second-order valence-corrected chi connectivity index (χ2v) is 4.83. The Kier molecular flexibility index (Phi) is 3.23. The van der Waals surface area contributed by atoms with Crippen molar-refractivity contribution in [3.05, 3.63) is 72.1 Å². The molecule has 0 spiro atoms. The largest absolute Gasteiger partial charge is 0.379 e. The Balaban J connectivity index is 2.11. The van der Waals surface area contributed by atoms with E-state index in [0.717, 1.165) is 11.9 Å². The van der Waals surface area contributed by atoms with E-state index < -0.39 is 11.4 Å². The zero-order valence-electron chi connectivity index (χ0n) is 11.3. The summed E-state index contributed by atoms with van der Waals surface area (Å²) in [5, 5.41) is 18.6. The molecule has 3 rings (SSSR count). The van der Waals surface area contributed by atoms with Crippen LogP contribution < -0.4 is 0 Å². The summed E-state index contributed by atoms with van der Waals surface area (Å²) < 4.78 is 14.9. The molecule has 5 nitrogen and oxygen atoms in total. The predicted molar refractivity (Wildman–Crippen MR) is 74.2 cm³/mol. The van der Waals surface area contributed by atoms with E-state index >= 15 is 0 Å². The number of aromatic nitrogens is 4. The molecule has 106 valence electrons. The third-order valence-electron chi connectivity index (χ3n) is 3.32. The van der Waals surface area contributed by atoms with Crippen LogP contribution in [0.2, 0.25) is 0 Å². The second kappa shape index (κ2) is 5.06. The number of benzene rings is 1. The summed E-state index contributed by atoms with van der Waals surface area (Å²) in [6.07, 6.45) is 3.97. The van der Waals surface area contributed by atoms with Crippen LogP contribution in [0.25, 0.3) is 5.69 Å². The number of aliphatic hydroxyl groups is 1. The van der Waals surface area contributed by atoms with Crippen molar-refractivity contribution in [2.45, 2.75) is 12.5 Å². The molecule has 1 atom stereocenters. The van der Waals surface area contributed by atoms with Gasteiger partial charge in [-0.2, -0.15) is 0 Å². The zero-order chi connectivity index (χ0) is 14.9. The highest BCUT2D eigenvalue weighted by Crippen LogP contribution is 2.29. The fraction of sp³-hybridized carbons (Fsp3) is 0.133. The molecule has 21 heavy (non-hydrogen) atoms. The zero-order valence-corrected chi connectivity index (χ0v) is 11.3. The molecule has 0 fully saturated rings. The van der Waals surface area contributed by atoms with Gasteiger partial charge in [-0.3, -0.25) is 4.98 Å². The van der Waals surface area contributed by atoms with Gasteiger partial charge in [-0.05, 0) is 25.1 Å². The van der Waals surface area contributed by atoms with Gasteiger partial charge in [-0.1, -0.05) is 23.4 Å². The van der Waals surface area contributed by atoms with Crippen molar-refractivity contribution in [2.24, 2.45) is 0 Å². The number of nitrogens with zero attached hydrogens (tertiary/aromatic N) is 4. The lowest BCUT2D eigenvalue weighted by molar-refractivity contribution is 0.0938. The van der Waals surface area contributed by atoms with Gasteiger partial charge in [0.25, 0.3) is 0 Å². The second-order valence-electron chi connectivity index (χ2n) is 4.83. The lowest BCUT2D eigenvalue weighted by Crippen LogP contribution is -2.26. The quantitative estimate of drug-likeness (QED) is 0.799. The average molecular weight is 284 g/mol. The van der Waals surface area contributed by atoms with Gasteiger partial charge in [-0.25, -0.2) is 9.07 Å². The summed E-state index contributed by atoms with van der Waals surface area (Å²) in [6, 6.07) is 10.5. The van der Waals surface area contributed by atoms with Crippen LogP contribution in [0.5, 0.6) is 0 Å². The Morgan fingerprint density at radius 3 is 2.62 bits per heavy atom. The third-order valence-corrected chi connectivity index (χ3v) is 3.32. The molecule has 0 radical (unpaired) electrons. The van der Waals surface area contributed by atoms with Crippen molar-refractivity contribution in [3.8, 4) is 5.69 Å². The van der Waals surface area contributed by atoms with Gasteiger partial charge < -0.3 is 5.11 Å². The molecule has 0 bridgehead atoms. The van der Waals surface area contributed by atoms with E-state index in [1.807, 2.05) is 30.3 Å². The first-order chi connectivity index (χ1) is 10.1. The molecule has 6 heteroatoms. The Bertz CT molecular complexity index is 755. The number of para-hydroxylation sites is 1. The van der Waals surface area contributed by atoms with E-state index in [-0.39, 0.29) is 0 Å². The molecule has 0 aliphatic rings. The Morgan fingerprint density at radius 2 is 1.90 bits per heavy atom. The fourth-order valence-corrected chi connectivity index (χ4v) is 2.15. The van der Waals surface area contributed by atoms with E-state index in [1.54, 1.807) is 6.92 Å². The number of pyridine rings is 1. The molecule has 2 aromatic heterocycles. The van der Waals surface area contributed by atoms with E-state index in [0.29, 0.717) is 11.3 Å². The molecule has 2 heterocycles. The van der Waals surface area contributed by atoms with Crippen molar-refractivity contribution in [1.29, 1.82) is 0 Å². The van der Waals surface area contributed by atoms with Gasteiger partial charge in [0.1, 0.15) is 17.1 Å². The molecule has 0 saturated carbocycles. The molecular formula is C15H13FN4O. The van der Waals surface area contributed by atoms with Gasteiger partial charge in [-0.15, -0.1) is 5.10 Å². The molecule has 3 aromatic rings. The van der Waals surface area contributed by atoms with Crippen molar-refractivity contribution in [3.63, 3.8) is 0 Å². The van der Waals surface area contributed by atoms with Crippen molar-refractivity contribution in [2.75, 3.05) is 0 Å². The van der Waals surface area contributed by atoms with Gasteiger partial charge in [0, 0.05) is 11.8 Å². The number of hydrogen-bond acceptors (Lipinski definition) is 4. The minimum Gasteiger partial charge on any atom is -0.379 e. The van der Waals surface area contributed by atoms with E-state index in [9.17, 15) is 9.50 Å². The Labute approximate surface area is 120 Å². The smallest absolute Gasteiger partial charge is 0.141 e. The predicted octanol–water partition coefficient (Wildman–Crippen LogP) is 2.06. The molecule has 0 saturated heterocycles. The van der Waals surface area contributed by atoms with Crippen molar-refractivity contribution < 1.29 is 9.50 Å². The minimum atomic E-state index is -1.46. The number of halogens is 1. The minimum absolute atomic E-state index is 0.335. The van der Waals surface area contributed by atoms with E-state index in [1.165, 1.54) is 23.1 Å². The molecule has 1 unspecified atom stereocenters. The summed E-state index contributed by atoms with van der Waals surface area (Å²) in [5.41, 5.74) is 0.0618.